The van der Waals surface area contributed by atoms with Gasteiger partial charge in [0.25, 0.3) is 0 Å². The Balaban J connectivity index is 1.50. The molecule has 0 spiro atoms. The van der Waals surface area contributed by atoms with Crippen molar-refractivity contribution in [3.63, 3.8) is 0 Å². The quantitative estimate of drug-likeness (QED) is 0.168. The minimum Gasteiger partial charge on any atom is -0.382 e. The minimum absolute atomic E-state index is 0.0925. The molecule has 2 aromatic heterocycles. The SMILES string of the molecule is COCCOCNS(=O)(=O)n1cc(-c2ccc(NC(=O)Nc3ccc(Cl)c(C(F)(F)F)c3)cc2)c2cnccc21. The summed E-state index contributed by atoms with van der Waals surface area (Å²) < 4.78 is 78.7. The van der Waals surface area contributed by atoms with Gasteiger partial charge in [0.2, 0.25) is 0 Å². The Morgan fingerprint density at radius 1 is 1.05 bits per heavy atom. The second-order valence-corrected chi connectivity index (χ2v) is 10.3. The number of nitrogens with zero attached hydrogens (tertiary/aromatic N) is 2. The molecule has 0 atom stereocenters. The first-order valence-electron chi connectivity index (χ1n) is 11.6. The number of fused-ring (bicyclic) bond motifs is 1. The average molecular weight is 598 g/mol. The molecule has 0 saturated heterocycles. The molecule has 0 aliphatic rings. The standard InChI is InChI=1S/C25H23ClF3N5O5S/c1-38-10-11-39-15-31-40(36,37)34-14-20(19-13-30-9-8-23(19)34)16-2-4-17(5-3-16)32-24(35)33-18-6-7-22(26)21(12-18)25(27,28)29/h2-9,12-14,31H,10-11,15H2,1H3,(H2,32,33,35). The summed E-state index contributed by atoms with van der Waals surface area (Å²) in [5, 5.41) is 4.96. The van der Waals surface area contributed by atoms with Gasteiger partial charge in [0.05, 0.1) is 29.3 Å². The molecule has 212 valence electrons. The van der Waals surface area contributed by atoms with Crippen molar-refractivity contribution in [2.75, 3.05) is 37.7 Å². The van der Waals surface area contributed by atoms with E-state index in [1.807, 2.05) is 0 Å². The van der Waals surface area contributed by atoms with Gasteiger partial charge in [0.15, 0.2) is 0 Å². The number of halogens is 4. The zero-order valence-corrected chi connectivity index (χ0v) is 22.4. The third-order valence-corrected chi connectivity index (χ3v) is 7.22. The molecule has 0 unspecified atom stereocenters. The molecule has 0 fully saturated rings. The van der Waals surface area contributed by atoms with Crippen LogP contribution in [0.25, 0.3) is 22.0 Å². The third-order valence-electron chi connectivity index (χ3n) is 5.59. The number of hydrogen-bond donors (Lipinski definition) is 3. The van der Waals surface area contributed by atoms with Gasteiger partial charge >= 0.3 is 22.4 Å². The first-order chi connectivity index (χ1) is 19.0. The van der Waals surface area contributed by atoms with E-state index in [2.05, 4.69) is 20.3 Å². The number of ether oxygens (including phenoxy) is 2. The second kappa shape index (κ2) is 12.2. The van der Waals surface area contributed by atoms with Crippen molar-refractivity contribution < 1.29 is 35.9 Å². The number of nitrogens with one attached hydrogen (secondary N) is 3. The van der Waals surface area contributed by atoms with Crippen LogP contribution in [0.15, 0.2) is 67.1 Å². The van der Waals surface area contributed by atoms with Gasteiger partial charge in [-0.2, -0.15) is 26.3 Å². The molecular formula is C25H23ClF3N5O5S. The van der Waals surface area contributed by atoms with Crippen LogP contribution in [-0.2, 0) is 25.9 Å². The zero-order chi connectivity index (χ0) is 28.9. The summed E-state index contributed by atoms with van der Waals surface area (Å²) in [4.78, 5) is 16.5. The maximum Gasteiger partial charge on any atom is 0.417 e. The van der Waals surface area contributed by atoms with E-state index in [4.69, 9.17) is 21.1 Å². The molecule has 0 saturated carbocycles. The van der Waals surface area contributed by atoms with Gasteiger partial charge in [-0.3, -0.25) is 4.98 Å². The number of methoxy groups -OCH3 is 1. The number of amides is 2. The van der Waals surface area contributed by atoms with E-state index < -0.39 is 33.0 Å². The topological polar surface area (TPSA) is 124 Å². The van der Waals surface area contributed by atoms with E-state index >= 15 is 0 Å². The van der Waals surface area contributed by atoms with Crippen LogP contribution in [0.4, 0.5) is 29.3 Å². The molecule has 0 bridgehead atoms. The number of pyridine rings is 1. The Kier molecular flexibility index (Phi) is 8.95. The number of alkyl halides is 3. The summed E-state index contributed by atoms with van der Waals surface area (Å²) in [5.74, 6) is 0. The van der Waals surface area contributed by atoms with Gasteiger partial charge in [0.1, 0.15) is 6.73 Å². The number of anilines is 2. The number of urea groups is 1. The smallest absolute Gasteiger partial charge is 0.382 e. The van der Waals surface area contributed by atoms with Crippen LogP contribution < -0.4 is 15.4 Å². The van der Waals surface area contributed by atoms with Crippen LogP contribution in [0.3, 0.4) is 0 Å². The number of carbonyl (C=O) groups excluding carboxylic acids is 1. The third kappa shape index (κ3) is 6.89. The number of hydrogen-bond acceptors (Lipinski definition) is 6. The number of rotatable bonds is 10. The van der Waals surface area contributed by atoms with Gasteiger partial charge in [-0.25, -0.2) is 8.77 Å². The van der Waals surface area contributed by atoms with Crippen molar-refractivity contribution in [3.05, 3.63) is 77.7 Å². The van der Waals surface area contributed by atoms with Crippen LogP contribution in [0, 0.1) is 0 Å². The summed E-state index contributed by atoms with van der Waals surface area (Å²) in [7, 11) is -2.50. The van der Waals surface area contributed by atoms with E-state index in [1.54, 1.807) is 30.3 Å². The summed E-state index contributed by atoms with van der Waals surface area (Å²) in [6, 6.07) is 10.3. The molecule has 15 heteroatoms. The van der Waals surface area contributed by atoms with Crippen molar-refractivity contribution in [2.24, 2.45) is 0 Å². The van der Waals surface area contributed by atoms with E-state index in [-0.39, 0.29) is 19.0 Å². The maximum absolute atomic E-state index is 13.1. The lowest BCUT2D eigenvalue weighted by atomic mass is 10.1. The van der Waals surface area contributed by atoms with Gasteiger partial charge < -0.3 is 20.1 Å². The maximum atomic E-state index is 13.1. The molecular weight excluding hydrogens is 575 g/mol. The highest BCUT2D eigenvalue weighted by Crippen LogP contribution is 2.36. The summed E-state index contributed by atoms with van der Waals surface area (Å²) in [6.07, 6.45) is -0.228. The molecule has 0 aliphatic heterocycles. The van der Waals surface area contributed by atoms with E-state index in [1.165, 1.54) is 31.8 Å². The molecule has 4 aromatic rings. The van der Waals surface area contributed by atoms with E-state index in [0.717, 1.165) is 16.1 Å². The highest BCUT2D eigenvalue weighted by Gasteiger charge is 2.33. The molecule has 2 aromatic carbocycles. The van der Waals surface area contributed by atoms with Crippen molar-refractivity contribution in [1.29, 1.82) is 0 Å². The fourth-order valence-corrected chi connectivity index (χ4v) is 4.98. The fraction of sp³-hybridized carbons (Fsp3) is 0.200. The van der Waals surface area contributed by atoms with E-state index in [9.17, 15) is 26.4 Å². The number of carbonyl (C=O) groups is 1. The highest BCUT2D eigenvalue weighted by molar-refractivity contribution is 7.88. The first kappa shape index (κ1) is 29.3. The Bertz CT molecular complexity index is 1610. The van der Waals surface area contributed by atoms with Crippen LogP contribution in [-0.4, -0.2) is 50.5 Å². The predicted molar refractivity (Wildman–Crippen MR) is 144 cm³/mol. The van der Waals surface area contributed by atoms with Gasteiger partial charge in [-0.05, 0) is 42.0 Å². The molecule has 2 heterocycles. The Hall–Kier alpha value is -3.69. The lowest BCUT2D eigenvalue weighted by Gasteiger charge is -2.12. The van der Waals surface area contributed by atoms with Crippen molar-refractivity contribution in [2.45, 2.75) is 6.18 Å². The summed E-state index contributed by atoms with van der Waals surface area (Å²) in [6.45, 7) is 0.283. The largest absolute Gasteiger partial charge is 0.417 e. The highest BCUT2D eigenvalue weighted by atomic mass is 35.5. The van der Waals surface area contributed by atoms with Crippen LogP contribution >= 0.6 is 11.6 Å². The average Bonchev–Trinajstić information content (AvgIpc) is 3.30. The normalized spacial score (nSPS) is 12.0. The predicted octanol–water partition coefficient (Wildman–Crippen LogP) is 5.32. The monoisotopic (exact) mass is 597 g/mol. The molecule has 0 radical (unpaired) electrons. The molecule has 4 rings (SSSR count). The summed E-state index contributed by atoms with van der Waals surface area (Å²) in [5.41, 5.74) is 0.756. The lowest BCUT2D eigenvalue weighted by molar-refractivity contribution is -0.137. The van der Waals surface area contributed by atoms with E-state index in [0.29, 0.717) is 34.3 Å². The van der Waals surface area contributed by atoms with Crippen LogP contribution in [0.1, 0.15) is 5.56 Å². The van der Waals surface area contributed by atoms with Crippen molar-refractivity contribution in [1.82, 2.24) is 13.7 Å². The summed E-state index contributed by atoms with van der Waals surface area (Å²) >= 11 is 5.61. The molecule has 3 N–H and O–H groups in total. The fourth-order valence-electron chi connectivity index (χ4n) is 3.72. The Morgan fingerprint density at radius 3 is 2.45 bits per heavy atom. The molecule has 2 amide bonds. The molecule has 0 aliphatic carbocycles. The van der Waals surface area contributed by atoms with Crippen molar-refractivity contribution >= 4 is 50.1 Å². The molecule has 10 nitrogen and oxygen atoms in total. The Labute approximate surface area is 232 Å². The van der Waals surface area contributed by atoms with Gasteiger partial charge in [-0.1, -0.05) is 23.7 Å². The minimum atomic E-state index is -4.67. The molecule has 40 heavy (non-hydrogen) atoms. The second-order valence-electron chi connectivity index (χ2n) is 8.28. The van der Waals surface area contributed by atoms with Crippen LogP contribution in [0.2, 0.25) is 5.02 Å². The van der Waals surface area contributed by atoms with Gasteiger partial charge in [-0.15, -0.1) is 0 Å². The van der Waals surface area contributed by atoms with Gasteiger partial charge in [0, 0.05) is 48.0 Å². The number of benzene rings is 2. The van der Waals surface area contributed by atoms with Crippen molar-refractivity contribution in [3.8, 4) is 11.1 Å². The number of aromatic nitrogens is 2. The Morgan fingerprint density at radius 2 is 1.75 bits per heavy atom. The lowest BCUT2D eigenvalue weighted by Crippen LogP contribution is -2.31. The van der Waals surface area contributed by atoms with Crippen LogP contribution in [0.5, 0.6) is 0 Å². The first-order valence-corrected chi connectivity index (χ1v) is 13.4. The zero-order valence-electron chi connectivity index (χ0n) is 20.8.